The molecular weight excluding hydrogens is 248 g/mol. The van der Waals surface area contributed by atoms with Crippen molar-refractivity contribution in [1.29, 1.82) is 0 Å². The number of esters is 1. The normalized spacial score (nSPS) is 23.1. The second-order valence-corrected chi connectivity index (χ2v) is 6.67. The summed E-state index contributed by atoms with van der Waals surface area (Å²) in [7, 11) is 0. The molecule has 108 valence electrons. The maximum Gasteiger partial charge on any atom is 0.310 e. The highest BCUT2D eigenvalue weighted by atomic mass is 16.5. The molecule has 0 N–H and O–H groups in total. The van der Waals surface area contributed by atoms with Crippen LogP contribution in [-0.4, -0.2) is 5.97 Å². The van der Waals surface area contributed by atoms with E-state index in [-0.39, 0.29) is 17.3 Å². The summed E-state index contributed by atoms with van der Waals surface area (Å²) in [6.07, 6.45) is 2.19. The fourth-order valence-corrected chi connectivity index (χ4v) is 2.84. The Balaban J connectivity index is 1.95. The lowest BCUT2D eigenvalue weighted by atomic mass is 10.1. The highest BCUT2D eigenvalue weighted by Crippen LogP contribution is 2.59. The Morgan fingerprint density at radius 1 is 1.35 bits per heavy atom. The first-order valence-corrected chi connectivity index (χ1v) is 7.19. The SMILES string of the molecule is CC(C)=CC1C(C(=O)OCc2cccc(C)c2)C1(C)C. The van der Waals surface area contributed by atoms with Crippen LogP contribution in [0.15, 0.2) is 35.9 Å². The molecule has 0 bridgehead atoms. The van der Waals surface area contributed by atoms with Gasteiger partial charge in [-0.3, -0.25) is 4.79 Å². The summed E-state index contributed by atoms with van der Waals surface area (Å²) < 4.78 is 5.49. The average molecular weight is 272 g/mol. The Kier molecular flexibility index (Phi) is 4.03. The van der Waals surface area contributed by atoms with E-state index in [4.69, 9.17) is 4.74 Å². The fourth-order valence-electron chi connectivity index (χ4n) is 2.84. The van der Waals surface area contributed by atoms with Gasteiger partial charge in [0.2, 0.25) is 0 Å². The largest absolute Gasteiger partial charge is 0.461 e. The highest BCUT2D eigenvalue weighted by molar-refractivity contribution is 5.78. The molecule has 0 aromatic heterocycles. The van der Waals surface area contributed by atoms with Gasteiger partial charge in [0, 0.05) is 0 Å². The van der Waals surface area contributed by atoms with Crippen LogP contribution < -0.4 is 0 Å². The van der Waals surface area contributed by atoms with Crippen molar-refractivity contribution in [3.8, 4) is 0 Å². The van der Waals surface area contributed by atoms with E-state index < -0.39 is 0 Å². The quantitative estimate of drug-likeness (QED) is 0.604. The van der Waals surface area contributed by atoms with E-state index in [9.17, 15) is 4.79 Å². The molecule has 1 aromatic carbocycles. The molecule has 0 aliphatic heterocycles. The third-order valence-electron chi connectivity index (χ3n) is 4.14. The van der Waals surface area contributed by atoms with Gasteiger partial charge in [-0.1, -0.05) is 55.3 Å². The summed E-state index contributed by atoms with van der Waals surface area (Å²) in [5, 5.41) is 0. The molecule has 2 nitrogen and oxygen atoms in total. The fraction of sp³-hybridized carbons (Fsp3) is 0.500. The number of hydrogen-bond donors (Lipinski definition) is 0. The molecule has 1 aliphatic carbocycles. The van der Waals surface area contributed by atoms with Crippen molar-refractivity contribution in [2.24, 2.45) is 17.3 Å². The monoisotopic (exact) mass is 272 g/mol. The standard InChI is InChI=1S/C18H24O2/c1-12(2)9-15-16(18(15,4)5)17(19)20-11-14-8-6-7-13(3)10-14/h6-10,15-16H,11H2,1-5H3. The van der Waals surface area contributed by atoms with Crippen molar-refractivity contribution in [2.45, 2.75) is 41.2 Å². The smallest absolute Gasteiger partial charge is 0.310 e. The van der Waals surface area contributed by atoms with Crippen LogP contribution in [0, 0.1) is 24.2 Å². The number of aryl methyl sites for hydroxylation is 1. The lowest BCUT2D eigenvalue weighted by Gasteiger charge is -2.06. The molecule has 0 spiro atoms. The molecule has 0 radical (unpaired) electrons. The summed E-state index contributed by atoms with van der Waals surface area (Å²) in [6.45, 7) is 10.8. The summed E-state index contributed by atoms with van der Waals surface area (Å²) >= 11 is 0. The van der Waals surface area contributed by atoms with Crippen LogP contribution in [0.2, 0.25) is 0 Å². The summed E-state index contributed by atoms with van der Waals surface area (Å²) in [5.41, 5.74) is 3.53. The minimum absolute atomic E-state index is 0.00205. The van der Waals surface area contributed by atoms with Crippen LogP contribution in [0.25, 0.3) is 0 Å². The number of allylic oxidation sites excluding steroid dienone is 2. The molecule has 1 saturated carbocycles. The van der Waals surface area contributed by atoms with E-state index in [1.54, 1.807) is 0 Å². The molecule has 0 amide bonds. The van der Waals surface area contributed by atoms with Crippen LogP contribution >= 0.6 is 0 Å². The molecule has 20 heavy (non-hydrogen) atoms. The van der Waals surface area contributed by atoms with E-state index in [1.165, 1.54) is 11.1 Å². The minimum Gasteiger partial charge on any atom is -0.461 e. The second kappa shape index (κ2) is 5.43. The zero-order chi connectivity index (χ0) is 14.9. The van der Waals surface area contributed by atoms with Crippen molar-refractivity contribution in [2.75, 3.05) is 0 Å². The Labute approximate surface area is 121 Å². The Morgan fingerprint density at radius 3 is 2.65 bits per heavy atom. The topological polar surface area (TPSA) is 26.3 Å². The van der Waals surface area contributed by atoms with Gasteiger partial charge in [0.25, 0.3) is 0 Å². The van der Waals surface area contributed by atoms with Gasteiger partial charge in [-0.2, -0.15) is 0 Å². The van der Waals surface area contributed by atoms with Crippen LogP contribution in [-0.2, 0) is 16.1 Å². The van der Waals surface area contributed by atoms with E-state index >= 15 is 0 Å². The van der Waals surface area contributed by atoms with Gasteiger partial charge in [-0.05, 0) is 37.7 Å². The highest BCUT2D eigenvalue weighted by Gasteiger charge is 2.61. The Bertz CT molecular complexity index is 536. The molecule has 1 aliphatic rings. The zero-order valence-electron chi connectivity index (χ0n) is 13.1. The van der Waals surface area contributed by atoms with Crippen LogP contribution in [0.4, 0.5) is 0 Å². The van der Waals surface area contributed by atoms with Gasteiger partial charge >= 0.3 is 5.97 Å². The molecule has 0 heterocycles. The molecule has 2 atom stereocenters. The average Bonchev–Trinajstić information content (AvgIpc) is 2.87. The van der Waals surface area contributed by atoms with Crippen LogP contribution in [0.5, 0.6) is 0 Å². The van der Waals surface area contributed by atoms with Crippen molar-refractivity contribution < 1.29 is 9.53 Å². The van der Waals surface area contributed by atoms with Gasteiger partial charge in [0.1, 0.15) is 6.61 Å². The predicted octanol–water partition coefficient (Wildman–Crippen LogP) is 4.28. The molecular formula is C18H24O2. The zero-order valence-corrected chi connectivity index (χ0v) is 13.1. The number of rotatable bonds is 4. The Morgan fingerprint density at radius 2 is 2.05 bits per heavy atom. The molecule has 2 rings (SSSR count). The lowest BCUT2D eigenvalue weighted by molar-refractivity contribution is -0.147. The van der Waals surface area contributed by atoms with Crippen LogP contribution in [0.1, 0.15) is 38.8 Å². The molecule has 0 saturated heterocycles. The lowest BCUT2D eigenvalue weighted by Crippen LogP contribution is -2.10. The predicted molar refractivity (Wildman–Crippen MR) is 81.2 cm³/mol. The minimum atomic E-state index is -0.0704. The first-order chi connectivity index (χ1) is 9.32. The Hall–Kier alpha value is -1.57. The maximum absolute atomic E-state index is 12.2. The molecule has 2 unspecified atom stereocenters. The number of benzene rings is 1. The van der Waals surface area contributed by atoms with E-state index in [0.717, 1.165) is 5.56 Å². The van der Waals surface area contributed by atoms with Crippen molar-refractivity contribution in [1.82, 2.24) is 0 Å². The van der Waals surface area contributed by atoms with Gasteiger partial charge < -0.3 is 4.74 Å². The summed E-state index contributed by atoms with van der Waals surface area (Å²) in [5.74, 6) is 0.249. The number of ether oxygens (including phenoxy) is 1. The van der Waals surface area contributed by atoms with E-state index in [2.05, 4.69) is 39.8 Å². The molecule has 2 heteroatoms. The van der Waals surface area contributed by atoms with Crippen LogP contribution in [0.3, 0.4) is 0 Å². The molecule has 1 aromatic rings. The van der Waals surface area contributed by atoms with Gasteiger partial charge in [-0.25, -0.2) is 0 Å². The van der Waals surface area contributed by atoms with Crippen molar-refractivity contribution >= 4 is 5.97 Å². The second-order valence-electron chi connectivity index (χ2n) is 6.67. The summed E-state index contributed by atoms with van der Waals surface area (Å²) in [4.78, 5) is 12.2. The third-order valence-corrected chi connectivity index (χ3v) is 4.14. The van der Waals surface area contributed by atoms with Gasteiger partial charge in [0.15, 0.2) is 0 Å². The number of carbonyl (C=O) groups is 1. The molecule has 1 fully saturated rings. The maximum atomic E-state index is 12.2. The van der Waals surface area contributed by atoms with Gasteiger partial charge in [-0.15, -0.1) is 0 Å². The van der Waals surface area contributed by atoms with Gasteiger partial charge in [0.05, 0.1) is 5.92 Å². The number of hydrogen-bond acceptors (Lipinski definition) is 2. The number of carbonyl (C=O) groups excluding carboxylic acids is 1. The van der Waals surface area contributed by atoms with E-state index in [0.29, 0.717) is 12.5 Å². The first kappa shape index (κ1) is 14.8. The van der Waals surface area contributed by atoms with Crippen molar-refractivity contribution in [3.05, 3.63) is 47.0 Å². The van der Waals surface area contributed by atoms with Crippen molar-refractivity contribution in [3.63, 3.8) is 0 Å². The first-order valence-electron chi connectivity index (χ1n) is 7.19. The van der Waals surface area contributed by atoms with E-state index in [1.807, 2.05) is 25.1 Å². The summed E-state index contributed by atoms with van der Waals surface area (Å²) in [6, 6.07) is 8.08. The third kappa shape index (κ3) is 3.12.